The van der Waals surface area contributed by atoms with Gasteiger partial charge in [0.2, 0.25) is 0 Å². The molecule has 4 rings (SSSR count). The van der Waals surface area contributed by atoms with E-state index in [1.165, 1.54) is 29.8 Å². The van der Waals surface area contributed by atoms with Gasteiger partial charge in [-0.2, -0.15) is 0 Å². The summed E-state index contributed by atoms with van der Waals surface area (Å²) in [5.41, 5.74) is 0.154. The first-order chi connectivity index (χ1) is 17.1. The van der Waals surface area contributed by atoms with Crippen LogP contribution in [-0.2, 0) is 20.1 Å². The van der Waals surface area contributed by atoms with Crippen LogP contribution in [0, 0.1) is 0 Å². The number of alkyl halides is 3. The van der Waals surface area contributed by atoms with Gasteiger partial charge in [-0.25, -0.2) is 14.3 Å². The van der Waals surface area contributed by atoms with Gasteiger partial charge in [-0.15, -0.1) is 13.2 Å². The fourth-order valence-corrected chi connectivity index (χ4v) is 4.77. The monoisotopic (exact) mass is 541 g/mol. The molecule has 0 unspecified atom stereocenters. The number of aliphatic hydroxyl groups is 1. The Morgan fingerprint density at radius 1 is 1.17 bits per heavy atom. The summed E-state index contributed by atoms with van der Waals surface area (Å²) < 4.78 is 46.1. The molecule has 36 heavy (non-hydrogen) atoms. The number of ether oxygens (including phenoxy) is 1. The quantitative estimate of drug-likeness (QED) is 0.333. The summed E-state index contributed by atoms with van der Waals surface area (Å²) in [5, 5.41) is 10.1. The molecule has 0 fully saturated rings. The molecule has 190 valence electrons. The van der Waals surface area contributed by atoms with Crippen molar-refractivity contribution in [2.45, 2.75) is 35.9 Å². The average molecular weight is 542 g/mol. The third kappa shape index (κ3) is 5.61. The van der Waals surface area contributed by atoms with E-state index < -0.39 is 17.6 Å². The van der Waals surface area contributed by atoms with Crippen LogP contribution in [0.2, 0.25) is 5.02 Å². The third-order valence-electron chi connectivity index (χ3n) is 5.31. The topological polar surface area (TPSA) is 93.1 Å². The molecular formula is C23H21ClF3N4O4S+. The Kier molecular flexibility index (Phi) is 7.48. The molecule has 0 saturated carbocycles. The van der Waals surface area contributed by atoms with Gasteiger partial charge in [0.25, 0.3) is 11.2 Å². The molecule has 0 aliphatic carbocycles. The molecule has 0 bridgehead atoms. The molecule has 0 amide bonds. The summed E-state index contributed by atoms with van der Waals surface area (Å²) in [7, 11) is 1.51. The first-order valence-electron chi connectivity index (χ1n) is 10.7. The molecule has 2 N–H and O–H groups in total. The van der Waals surface area contributed by atoms with Gasteiger partial charge in [-0.1, -0.05) is 29.8 Å². The van der Waals surface area contributed by atoms with E-state index in [9.17, 15) is 27.9 Å². The van der Waals surface area contributed by atoms with Crippen molar-refractivity contribution in [3.05, 3.63) is 80.0 Å². The minimum absolute atomic E-state index is 0.0311. The van der Waals surface area contributed by atoms with Crippen LogP contribution >= 0.6 is 23.4 Å². The SMILES string of the molecule is Cn1c(=O)n(CCCO)c(=O)c2c1[nH]c(Sc1cccc(OC(F)(F)F)c1)[n+]2Cc1ccc(Cl)cc1. The van der Waals surface area contributed by atoms with E-state index in [0.717, 1.165) is 21.9 Å². The number of hydrogen-bond donors (Lipinski definition) is 2. The lowest BCUT2D eigenvalue weighted by Crippen LogP contribution is -2.45. The summed E-state index contributed by atoms with van der Waals surface area (Å²) in [6, 6.07) is 12.4. The van der Waals surface area contributed by atoms with Crippen molar-refractivity contribution >= 4 is 34.5 Å². The van der Waals surface area contributed by atoms with Gasteiger partial charge in [0, 0.05) is 30.1 Å². The van der Waals surface area contributed by atoms with Crippen LogP contribution in [0.15, 0.2) is 68.2 Å². The van der Waals surface area contributed by atoms with Crippen LogP contribution in [0.1, 0.15) is 12.0 Å². The zero-order chi connectivity index (χ0) is 26.0. The number of aryl methyl sites for hydroxylation is 1. The maximum absolute atomic E-state index is 13.4. The first kappa shape index (κ1) is 25.9. The minimum atomic E-state index is -4.84. The molecule has 13 heteroatoms. The number of H-pyrrole nitrogens is 1. The number of fused-ring (bicyclic) bond motifs is 1. The van der Waals surface area contributed by atoms with Crippen molar-refractivity contribution < 1.29 is 27.6 Å². The van der Waals surface area contributed by atoms with Crippen LogP contribution in [0.4, 0.5) is 13.2 Å². The van der Waals surface area contributed by atoms with E-state index >= 15 is 0 Å². The molecule has 0 aliphatic heterocycles. The number of hydrogen-bond acceptors (Lipinski definition) is 5. The van der Waals surface area contributed by atoms with Gasteiger partial charge < -0.3 is 9.84 Å². The molecule has 2 aromatic carbocycles. The number of halogens is 4. The molecule has 4 aromatic rings. The molecule has 0 aliphatic rings. The van der Waals surface area contributed by atoms with E-state index in [4.69, 9.17) is 11.6 Å². The first-order valence-corrected chi connectivity index (χ1v) is 11.9. The number of aliphatic hydroxyl groups excluding tert-OH is 1. The second-order valence-corrected chi connectivity index (χ2v) is 9.34. The van der Waals surface area contributed by atoms with Crippen LogP contribution < -0.4 is 20.6 Å². The molecule has 8 nitrogen and oxygen atoms in total. The second-order valence-electron chi connectivity index (χ2n) is 7.84. The van der Waals surface area contributed by atoms with Crippen LogP contribution in [0.25, 0.3) is 11.2 Å². The molecule has 2 heterocycles. The van der Waals surface area contributed by atoms with Crippen LogP contribution in [-0.4, -0.2) is 32.2 Å². The van der Waals surface area contributed by atoms with E-state index in [2.05, 4.69) is 9.72 Å². The molecule has 2 aromatic heterocycles. The Bertz CT molecular complexity index is 1510. The highest BCUT2D eigenvalue weighted by atomic mass is 35.5. The largest absolute Gasteiger partial charge is 0.573 e. The molecular weight excluding hydrogens is 521 g/mol. The fourth-order valence-electron chi connectivity index (χ4n) is 3.68. The van der Waals surface area contributed by atoms with Crippen LogP contribution in [0.3, 0.4) is 0 Å². The zero-order valence-electron chi connectivity index (χ0n) is 18.9. The fraction of sp³-hybridized carbons (Fsp3) is 0.261. The highest BCUT2D eigenvalue weighted by Crippen LogP contribution is 2.31. The number of aromatic amines is 1. The van der Waals surface area contributed by atoms with E-state index in [0.29, 0.717) is 15.1 Å². The smallest absolute Gasteiger partial charge is 0.406 e. The van der Waals surface area contributed by atoms with Gasteiger partial charge in [-0.3, -0.25) is 13.9 Å². The summed E-state index contributed by atoms with van der Waals surface area (Å²) in [4.78, 5) is 29.7. The van der Waals surface area contributed by atoms with Crippen molar-refractivity contribution in [3.63, 3.8) is 0 Å². The van der Waals surface area contributed by atoms with Gasteiger partial charge in [0.05, 0.1) is 0 Å². The Morgan fingerprint density at radius 3 is 2.56 bits per heavy atom. The summed E-state index contributed by atoms with van der Waals surface area (Å²) in [6.45, 7) is 0.0536. The van der Waals surface area contributed by atoms with Gasteiger partial charge in [0.1, 0.15) is 12.3 Å². The minimum Gasteiger partial charge on any atom is -0.406 e. The number of benzene rings is 2. The van der Waals surface area contributed by atoms with E-state index in [-0.39, 0.29) is 43.0 Å². The van der Waals surface area contributed by atoms with Gasteiger partial charge >= 0.3 is 22.8 Å². The average Bonchev–Trinajstić information content (AvgIpc) is 3.16. The Balaban J connectivity index is 1.87. The predicted molar refractivity (Wildman–Crippen MR) is 127 cm³/mol. The Morgan fingerprint density at radius 2 is 1.89 bits per heavy atom. The standard InChI is InChI=1S/C23H20ClF3N4O4S/c1-29-19-18(20(33)30(22(29)34)10-3-11-32)31(13-14-6-8-15(24)9-7-14)21(28-19)36-17-5-2-4-16(12-17)35-23(25,26)27/h2,4-9,12,32H,3,10-11,13H2,1H3/p+1. The Labute approximate surface area is 211 Å². The number of nitrogens with one attached hydrogen (secondary N) is 1. The van der Waals surface area contributed by atoms with Crippen molar-refractivity contribution in [1.82, 2.24) is 14.1 Å². The number of rotatable bonds is 8. The number of aromatic nitrogens is 4. The highest BCUT2D eigenvalue weighted by molar-refractivity contribution is 7.99. The van der Waals surface area contributed by atoms with E-state index in [1.54, 1.807) is 34.9 Å². The summed E-state index contributed by atoms with van der Waals surface area (Å²) in [5.74, 6) is -0.383. The Hall–Kier alpha value is -3.22. The maximum atomic E-state index is 13.4. The van der Waals surface area contributed by atoms with Gasteiger partial charge in [0.15, 0.2) is 0 Å². The van der Waals surface area contributed by atoms with Gasteiger partial charge in [-0.05, 0) is 54.1 Å². The third-order valence-corrected chi connectivity index (χ3v) is 6.57. The normalized spacial score (nSPS) is 11.8. The van der Waals surface area contributed by atoms with Crippen molar-refractivity contribution in [3.8, 4) is 5.75 Å². The molecule has 0 saturated heterocycles. The molecule has 0 atom stereocenters. The number of imidazole rings is 1. The second kappa shape index (κ2) is 10.4. The lowest BCUT2D eigenvalue weighted by molar-refractivity contribution is -0.700. The number of nitrogens with zero attached hydrogens (tertiary/aromatic N) is 3. The maximum Gasteiger partial charge on any atom is 0.573 e. The van der Waals surface area contributed by atoms with Crippen molar-refractivity contribution in [2.24, 2.45) is 7.05 Å². The van der Waals surface area contributed by atoms with Crippen LogP contribution in [0.5, 0.6) is 5.75 Å². The van der Waals surface area contributed by atoms with Crippen molar-refractivity contribution in [2.75, 3.05) is 6.61 Å². The highest BCUT2D eigenvalue weighted by Gasteiger charge is 2.32. The summed E-state index contributed by atoms with van der Waals surface area (Å²) in [6.07, 6.45) is -4.62. The lowest BCUT2D eigenvalue weighted by atomic mass is 10.2. The van der Waals surface area contributed by atoms with E-state index in [1.807, 2.05) is 0 Å². The zero-order valence-corrected chi connectivity index (χ0v) is 20.5. The van der Waals surface area contributed by atoms with Crippen molar-refractivity contribution in [1.29, 1.82) is 0 Å². The molecule has 0 spiro atoms. The predicted octanol–water partition coefficient (Wildman–Crippen LogP) is 3.45. The molecule has 0 radical (unpaired) electrons. The lowest BCUT2D eigenvalue weighted by Gasteiger charge is -2.09. The summed E-state index contributed by atoms with van der Waals surface area (Å²) >= 11 is 7.08.